The van der Waals surface area contributed by atoms with E-state index in [2.05, 4.69) is 37.9 Å². The zero-order chi connectivity index (χ0) is 19.3. The number of rotatable bonds is 5. The van der Waals surface area contributed by atoms with Gasteiger partial charge < -0.3 is 15.5 Å². The van der Waals surface area contributed by atoms with Crippen molar-refractivity contribution in [2.75, 3.05) is 28.6 Å². The van der Waals surface area contributed by atoms with Crippen molar-refractivity contribution in [3.05, 3.63) is 71.8 Å². The van der Waals surface area contributed by atoms with E-state index in [9.17, 15) is 4.79 Å². The van der Waals surface area contributed by atoms with Gasteiger partial charge in [-0.2, -0.15) is 0 Å². The maximum atomic E-state index is 12.3. The fourth-order valence-electron chi connectivity index (χ4n) is 3.32. The Kier molecular flexibility index (Phi) is 5.19. The van der Waals surface area contributed by atoms with Gasteiger partial charge >= 0.3 is 0 Å². The second-order valence-corrected chi connectivity index (χ2v) is 6.99. The van der Waals surface area contributed by atoms with Crippen LogP contribution in [0.1, 0.15) is 28.8 Å². The van der Waals surface area contributed by atoms with Gasteiger partial charge in [0.15, 0.2) is 11.6 Å². The molecule has 2 aromatic carbocycles. The average molecular weight is 373 g/mol. The summed E-state index contributed by atoms with van der Waals surface area (Å²) in [5.74, 6) is 0.847. The van der Waals surface area contributed by atoms with Crippen LogP contribution in [0.2, 0.25) is 0 Å². The Balaban J connectivity index is 1.37. The molecule has 4 rings (SSSR count). The lowest BCUT2D eigenvalue weighted by molar-refractivity contribution is 0.102. The van der Waals surface area contributed by atoms with Crippen molar-refractivity contribution in [2.24, 2.45) is 0 Å². The fraction of sp³-hybridized carbons (Fsp3) is 0.227. The van der Waals surface area contributed by atoms with Crippen LogP contribution in [-0.2, 0) is 0 Å². The van der Waals surface area contributed by atoms with Crippen molar-refractivity contribution in [1.82, 2.24) is 10.2 Å². The first-order valence-corrected chi connectivity index (χ1v) is 9.51. The molecule has 0 aliphatic carbocycles. The number of hydrogen-bond donors (Lipinski definition) is 2. The van der Waals surface area contributed by atoms with Crippen molar-refractivity contribution in [1.29, 1.82) is 0 Å². The predicted molar refractivity (Wildman–Crippen MR) is 112 cm³/mol. The third kappa shape index (κ3) is 4.28. The van der Waals surface area contributed by atoms with E-state index >= 15 is 0 Å². The molecule has 0 saturated carbocycles. The minimum Gasteiger partial charge on any atom is -0.372 e. The SMILES string of the molecule is Cc1cccc(C(=O)Nc2ccc(Nc3ccc(N4CCCC4)cc3)nn2)c1. The van der Waals surface area contributed by atoms with Gasteiger partial charge in [-0.15, -0.1) is 10.2 Å². The van der Waals surface area contributed by atoms with Gasteiger partial charge in [0.2, 0.25) is 0 Å². The van der Waals surface area contributed by atoms with Crippen LogP contribution in [0.15, 0.2) is 60.7 Å². The normalized spacial score (nSPS) is 13.4. The molecule has 1 aromatic heterocycles. The highest BCUT2D eigenvalue weighted by Crippen LogP contribution is 2.23. The maximum absolute atomic E-state index is 12.3. The lowest BCUT2D eigenvalue weighted by atomic mass is 10.1. The zero-order valence-corrected chi connectivity index (χ0v) is 15.9. The lowest BCUT2D eigenvalue weighted by Gasteiger charge is -2.17. The summed E-state index contributed by atoms with van der Waals surface area (Å²) in [6.07, 6.45) is 2.53. The topological polar surface area (TPSA) is 70.2 Å². The molecule has 0 spiro atoms. The van der Waals surface area contributed by atoms with Gasteiger partial charge in [-0.1, -0.05) is 17.7 Å². The third-order valence-electron chi connectivity index (χ3n) is 4.80. The highest BCUT2D eigenvalue weighted by atomic mass is 16.1. The number of hydrogen-bond acceptors (Lipinski definition) is 5. The number of nitrogens with zero attached hydrogens (tertiary/aromatic N) is 3. The summed E-state index contributed by atoms with van der Waals surface area (Å²) in [6.45, 7) is 4.22. The van der Waals surface area contributed by atoms with Crippen molar-refractivity contribution in [2.45, 2.75) is 19.8 Å². The van der Waals surface area contributed by atoms with Gasteiger partial charge in [-0.05, 0) is 68.3 Å². The number of carbonyl (C=O) groups excluding carboxylic acids is 1. The molecule has 6 nitrogen and oxygen atoms in total. The molecule has 28 heavy (non-hydrogen) atoms. The number of amides is 1. The van der Waals surface area contributed by atoms with E-state index in [1.165, 1.54) is 18.5 Å². The first-order valence-electron chi connectivity index (χ1n) is 9.51. The Morgan fingerprint density at radius 3 is 2.32 bits per heavy atom. The molecule has 1 fully saturated rings. The molecule has 0 atom stereocenters. The molecular weight excluding hydrogens is 350 g/mol. The minimum atomic E-state index is -0.198. The molecule has 1 aliphatic rings. The van der Waals surface area contributed by atoms with E-state index in [-0.39, 0.29) is 5.91 Å². The first kappa shape index (κ1) is 18.0. The van der Waals surface area contributed by atoms with Gasteiger partial charge in [-0.3, -0.25) is 4.79 Å². The van der Waals surface area contributed by atoms with E-state index in [0.29, 0.717) is 17.2 Å². The van der Waals surface area contributed by atoms with Gasteiger partial charge in [-0.25, -0.2) is 0 Å². The van der Waals surface area contributed by atoms with Gasteiger partial charge in [0.1, 0.15) is 0 Å². The van der Waals surface area contributed by atoms with Crippen LogP contribution in [-0.4, -0.2) is 29.2 Å². The van der Waals surface area contributed by atoms with Crippen LogP contribution >= 0.6 is 0 Å². The second-order valence-electron chi connectivity index (χ2n) is 6.99. The number of benzene rings is 2. The van der Waals surface area contributed by atoms with Crippen LogP contribution in [0.5, 0.6) is 0 Å². The fourth-order valence-corrected chi connectivity index (χ4v) is 3.32. The molecule has 2 heterocycles. The van der Waals surface area contributed by atoms with Gasteiger partial charge in [0.25, 0.3) is 5.91 Å². The molecule has 1 amide bonds. The number of nitrogens with one attached hydrogen (secondary N) is 2. The van der Waals surface area contributed by atoms with Crippen molar-refractivity contribution in [3.8, 4) is 0 Å². The molecular formula is C22H23N5O. The Hall–Kier alpha value is -3.41. The molecule has 142 valence electrons. The summed E-state index contributed by atoms with van der Waals surface area (Å²) in [6, 6.07) is 19.3. The summed E-state index contributed by atoms with van der Waals surface area (Å²) >= 11 is 0. The lowest BCUT2D eigenvalue weighted by Crippen LogP contribution is -2.17. The molecule has 1 saturated heterocycles. The summed E-state index contributed by atoms with van der Waals surface area (Å²) in [4.78, 5) is 14.7. The van der Waals surface area contributed by atoms with Crippen LogP contribution in [0.4, 0.5) is 23.0 Å². The highest BCUT2D eigenvalue weighted by Gasteiger charge is 2.12. The number of aryl methyl sites for hydroxylation is 1. The van der Waals surface area contributed by atoms with Crippen molar-refractivity contribution < 1.29 is 4.79 Å². The standard InChI is InChI=1S/C22H23N5O/c1-16-5-4-6-17(15-16)22(28)24-21-12-11-20(25-26-21)23-18-7-9-19(10-8-18)27-13-2-3-14-27/h4-12,15H,2-3,13-14H2,1H3,(H,23,25)(H,24,26,28). The summed E-state index contributed by atoms with van der Waals surface area (Å²) in [7, 11) is 0. The van der Waals surface area contributed by atoms with Crippen LogP contribution in [0.25, 0.3) is 0 Å². The van der Waals surface area contributed by atoms with Crippen LogP contribution < -0.4 is 15.5 Å². The van der Waals surface area contributed by atoms with Crippen LogP contribution in [0, 0.1) is 6.92 Å². The first-order chi connectivity index (χ1) is 13.7. The van der Waals surface area contributed by atoms with E-state index in [1.54, 1.807) is 18.2 Å². The van der Waals surface area contributed by atoms with Crippen LogP contribution in [0.3, 0.4) is 0 Å². The molecule has 0 radical (unpaired) electrons. The molecule has 2 N–H and O–H groups in total. The molecule has 3 aromatic rings. The number of aromatic nitrogens is 2. The summed E-state index contributed by atoms with van der Waals surface area (Å²) in [5, 5.41) is 14.2. The number of anilines is 4. The summed E-state index contributed by atoms with van der Waals surface area (Å²) in [5.41, 5.74) is 3.84. The van der Waals surface area contributed by atoms with Gasteiger partial charge in [0, 0.05) is 30.0 Å². The third-order valence-corrected chi connectivity index (χ3v) is 4.80. The summed E-state index contributed by atoms with van der Waals surface area (Å²) < 4.78 is 0. The molecule has 1 aliphatic heterocycles. The maximum Gasteiger partial charge on any atom is 0.256 e. The molecule has 6 heteroatoms. The second kappa shape index (κ2) is 8.08. The molecule has 0 unspecified atom stereocenters. The smallest absolute Gasteiger partial charge is 0.256 e. The Morgan fingerprint density at radius 1 is 0.929 bits per heavy atom. The van der Waals surface area contributed by atoms with Gasteiger partial charge in [0.05, 0.1) is 0 Å². The average Bonchev–Trinajstić information content (AvgIpc) is 3.25. The Morgan fingerprint density at radius 2 is 1.64 bits per heavy atom. The van der Waals surface area contributed by atoms with E-state index in [4.69, 9.17) is 0 Å². The van der Waals surface area contributed by atoms with E-state index in [1.807, 2.05) is 37.3 Å². The van der Waals surface area contributed by atoms with Crippen molar-refractivity contribution >= 4 is 28.9 Å². The quantitative estimate of drug-likeness (QED) is 0.694. The van der Waals surface area contributed by atoms with E-state index < -0.39 is 0 Å². The Labute approximate surface area is 164 Å². The highest BCUT2D eigenvalue weighted by molar-refractivity contribution is 6.03. The number of carbonyl (C=O) groups is 1. The minimum absolute atomic E-state index is 0.198. The predicted octanol–water partition coefficient (Wildman–Crippen LogP) is 4.38. The Bertz CT molecular complexity index is 947. The monoisotopic (exact) mass is 373 g/mol. The largest absolute Gasteiger partial charge is 0.372 e. The molecule has 0 bridgehead atoms. The van der Waals surface area contributed by atoms with Crippen molar-refractivity contribution in [3.63, 3.8) is 0 Å². The van der Waals surface area contributed by atoms with E-state index in [0.717, 1.165) is 24.3 Å². The zero-order valence-electron chi connectivity index (χ0n) is 15.9.